The number of ketones is 1. The first-order valence-corrected chi connectivity index (χ1v) is 13.8. The number of ether oxygens (including phenoxy) is 2. The molecule has 40 heavy (non-hydrogen) atoms. The molecule has 1 aromatic heterocycles. The molecule has 0 bridgehead atoms. The van der Waals surface area contributed by atoms with Gasteiger partial charge in [0.1, 0.15) is 29.1 Å². The highest BCUT2D eigenvalue weighted by molar-refractivity contribution is 5.99. The van der Waals surface area contributed by atoms with Crippen molar-refractivity contribution in [2.75, 3.05) is 13.7 Å². The number of rotatable bonds is 13. The van der Waals surface area contributed by atoms with Crippen molar-refractivity contribution >= 4 is 23.5 Å². The van der Waals surface area contributed by atoms with Crippen LogP contribution in [0.4, 0.5) is 0 Å². The molecule has 4 atom stereocenters. The second-order valence-electron chi connectivity index (χ2n) is 10.9. The molecular weight excluding hydrogens is 512 g/mol. The number of nitrogens with zero attached hydrogens (tertiary/aromatic N) is 1. The summed E-state index contributed by atoms with van der Waals surface area (Å²) >= 11 is 0. The summed E-state index contributed by atoms with van der Waals surface area (Å²) in [5, 5.41) is 8.34. The monoisotopic (exact) mass is 550 g/mol. The van der Waals surface area contributed by atoms with Gasteiger partial charge in [-0.15, -0.1) is 0 Å². The van der Waals surface area contributed by atoms with E-state index in [1.165, 1.54) is 13.1 Å². The molecule has 4 rings (SSSR count). The van der Waals surface area contributed by atoms with Gasteiger partial charge in [0.25, 0.3) is 5.91 Å². The number of benzene rings is 1. The largest absolute Gasteiger partial charge is 0.497 e. The highest BCUT2D eigenvalue weighted by Gasteiger charge is 2.50. The van der Waals surface area contributed by atoms with E-state index in [9.17, 15) is 19.2 Å². The lowest BCUT2D eigenvalue weighted by Gasteiger charge is -2.26. The van der Waals surface area contributed by atoms with Crippen molar-refractivity contribution in [1.82, 2.24) is 20.9 Å². The molecule has 2 heterocycles. The predicted molar refractivity (Wildman–Crippen MR) is 148 cm³/mol. The van der Waals surface area contributed by atoms with Crippen LogP contribution in [0.3, 0.4) is 0 Å². The first-order chi connectivity index (χ1) is 19.2. The topological polar surface area (TPSA) is 139 Å². The first kappa shape index (κ1) is 29.2. The number of amides is 3. The van der Waals surface area contributed by atoms with Gasteiger partial charge in [-0.05, 0) is 56.0 Å². The zero-order chi connectivity index (χ0) is 28.7. The summed E-state index contributed by atoms with van der Waals surface area (Å²) in [6, 6.07) is 9.48. The molecule has 2 aliphatic rings. The predicted octanol–water partition coefficient (Wildman–Crippen LogP) is 2.36. The number of aromatic nitrogens is 1. The summed E-state index contributed by atoms with van der Waals surface area (Å²) in [5.41, 5.74) is 0.0940. The number of pyridine rings is 1. The number of epoxide rings is 1. The summed E-state index contributed by atoms with van der Waals surface area (Å²) < 4.78 is 10.6. The molecule has 2 aromatic rings. The van der Waals surface area contributed by atoms with E-state index in [0.717, 1.165) is 31.2 Å². The van der Waals surface area contributed by atoms with Crippen LogP contribution in [-0.2, 0) is 25.5 Å². The van der Waals surface area contributed by atoms with Gasteiger partial charge in [0.2, 0.25) is 11.8 Å². The first-order valence-electron chi connectivity index (χ1n) is 13.8. The maximum Gasteiger partial charge on any atom is 0.270 e. The molecule has 1 saturated carbocycles. The lowest BCUT2D eigenvalue weighted by molar-refractivity contribution is -0.133. The van der Waals surface area contributed by atoms with Crippen LogP contribution in [-0.4, -0.2) is 65.9 Å². The van der Waals surface area contributed by atoms with Crippen LogP contribution in [0.1, 0.15) is 62.0 Å². The van der Waals surface area contributed by atoms with E-state index in [2.05, 4.69) is 20.9 Å². The Kier molecular flexibility index (Phi) is 9.52. The molecule has 1 saturated heterocycles. The van der Waals surface area contributed by atoms with Gasteiger partial charge in [-0.25, -0.2) is 0 Å². The minimum Gasteiger partial charge on any atom is -0.497 e. The van der Waals surface area contributed by atoms with Crippen LogP contribution >= 0.6 is 0 Å². The van der Waals surface area contributed by atoms with Crippen molar-refractivity contribution in [3.63, 3.8) is 0 Å². The number of hydrogen-bond acceptors (Lipinski definition) is 7. The Labute approximate surface area is 234 Å². The molecule has 3 amide bonds. The summed E-state index contributed by atoms with van der Waals surface area (Å²) in [5.74, 6) is -0.618. The van der Waals surface area contributed by atoms with Gasteiger partial charge >= 0.3 is 0 Å². The average Bonchev–Trinajstić information content (AvgIpc) is 3.50. The smallest absolute Gasteiger partial charge is 0.270 e. The van der Waals surface area contributed by atoms with E-state index >= 15 is 0 Å². The Hall–Kier alpha value is -3.79. The molecule has 1 aliphatic carbocycles. The maximum atomic E-state index is 13.7. The van der Waals surface area contributed by atoms with Gasteiger partial charge in [-0.2, -0.15) is 0 Å². The highest BCUT2D eigenvalue weighted by Crippen LogP contribution is 2.33. The molecule has 10 heteroatoms. The number of methoxy groups -OCH3 is 1. The van der Waals surface area contributed by atoms with Crippen molar-refractivity contribution in [2.45, 2.75) is 76.1 Å². The fraction of sp³-hybridized carbons (Fsp3) is 0.500. The minimum atomic E-state index is -0.984. The number of Topliss-reactive ketones (excluding diaryl/α,β-unsaturated/α-hetero) is 1. The number of hydrogen-bond donors (Lipinski definition) is 3. The van der Waals surface area contributed by atoms with Gasteiger partial charge < -0.3 is 25.4 Å². The van der Waals surface area contributed by atoms with E-state index in [-0.39, 0.29) is 17.9 Å². The van der Waals surface area contributed by atoms with E-state index in [1.807, 2.05) is 12.1 Å². The summed E-state index contributed by atoms with van der Waals surface area (Å²) in [6.07, 6.45) is 6.50. The fourth-order valence-electron chi connectivity index (χ4n) is 5.04. The second kappa shape index (κ2) is 13.0. The Morgan fingerprint density at radius 1 is 1.00 bits per heavy atom. The summed E-state index contributed by atoms with van der Waals surface area (Å²) in [7, 11) is 1.57. The molecule has 0 spiro atoms. The maximum absolute atomic E-state index is 13.7. The Morgan fingerprint density at radius 3 is 2.27 bits per heavy atom. The van der Waals surface area contributed by atoms with E-state index in [4.69, 9.17) is 9.47 Å². The third kappa shape index (κ3) is 7.65. The van der Waals surface area contributed by atoms with Crippen molar-refractivity contribution in [1.29, 1.82) is 0 Å². The lowest BCUT2D eigenvalue weighted by Crippen LogP contribution is -2.57. The van der Waals surface area contributed by atoms with Gasteiger partial charge in [0.05, 0.1) is 19.8 Å². The molecule has 0 radical (unpaired) electrons. The van der Waals surface area contributed by atoms with Crippen LogP contribution in [0, 0.1) is 5.92 Å². The SMILES string of the molecule is COc1ccc(CC(NC(=O)C(C)NC(=O)c2ccccn2)C(=O)NC(CC2CCCC2)C(=O)C2(C)CO2)cc1. The van der Waals surface area contributed by atoms with Gasteiger partial charge in [0, 0.05) is 12.6 Å². The lowest BCUT2D eigenvalue weighted by atomic mass is 9.90. The molecule has 4 unspecified atom stereocenters. The number of carbonyl (C=O) groups excluding carboxylic acids is 4. The molecule has 2 fully saturated rings. The zero-order valence-corrected chi connectivity index (χ0v) is 23.3. The number of carbonyl (C=O) groups is 4. The summed E-state index contributed by atoms with van der Waals surface area (Å²) in [6.45, 7) is 3.62. The summed E-state index contributed by atoms with van der Waals surface area (Å²) in [4.78, 5) is 56.6. The molecule has 3 N–H and O–H groups in total. The molecule has 1 aliphatic heterocycles. The fourth-order valence-corrected chi connectivity index (χ4v) is 5.04. The van der Waals surface area contributed by atoms with E-state index < -0.39 is 41.4 Å². The van der Waals surface area contributed by atoms with Crippen LogP contribution in [0.25, 0.3) is 0 Å². The molecule has 10 nitrogen and oxygen atoms in total. The molecule has 1 aromatic carbocycles. The van der Waals surface area contributed by atoms with Crippen LogP contribution in [0.2, 0.25) is 0 Å². The zero-order valence-electron chi connectivity index (χ0n) is 23.3. The van der Waals surface area contributed by atoms with Crippen LogP contribution in [0.5, 0.6) is 5.75 Å². The third-order valence-corrected chi connectivity index (χ3v) is 7.65. The number of nitrogens with one attached hydrogen (secondary N) is 3. The third-order valence-electron chi connectivity index (χ3n) is 7.65. The van der Waals surface area contributed by atoms with Gasteiger partial charge in [0.15, 0.2) is 5.78 Å². The van der Waals surface area contributed by atoms with Crippen molar-refractivity contribution < 1.29 is 28.7 Å². The highest BCUT2D eigenvalue weighted by atomic mass is 16.6. The van der Waals surface area contributed by atoms with Gasteiger partial charge in [-0.1, -0.05) is 43.9 Å². The van der Waals surface area contributed by atoms with Gasteiger partial charge in [-0.3, -0.25) is 24.2 Å². The normalized spacial score (nSPS) is 20.6. The molecule has 214 valence electrons. The Balaban J connectivity index is 1.48. The van der Waals surface area contributed by atoms with Crippen LogP contribution in [0.15, 0.2) is 48.7 Å². The quantitative estimate of drug-likeness (QED) is 0.326. The Morgan fingerprint density at radius 2 is 1.68 bits per heavy atom. The van der Waals surface area contributed by atoms with Crippen molar-refractivity contribution in [3.8, 4) is 5.75 Å². The van der Waals surface area contributed by atoms with E-state index in [1.54, 1.807) is 44.4 Å². The standard InChI is InChI=1S/C30H38N4O6/c1-19(32-28(37)23-10-6-7-15-31-23)27(36)34-25(17-21-11-13-22(39-3)14-12-21)29(38)33-24(16-20-8-4-5-9-20)26(35)30(2)18-40-30/h6-7,10-15,19-20,24-25H,4-5,8-9,16-18H2,1-3H3,(H,32,37)(H,33,38)(H,34,36). The van der Waals surface area contributed by atoms with Crippen molar-refractivity contribution in [2.24, 2.45) is 5.92 Å². The van der Waals surface area contributed by atoms with E-state index in [0.29, 0.717) is 24.7 Å². The Bertz CT molecular complexity index is 1190. The minimum absolute atomic E-state index is 0.140. The van der Waals surface area contributed by atoms with Crippen molar-refractivity contribution in [3.05, 3.63) is 59.9 Å². The van der Waals surface area contributed by atoms with Crippen LogP contribution < -0.4 is 20.7 Å². The average molecular weight is 551 g/mol. The second-order valence-corrected chi connectivity index (χ2v) is 10.9. The molecular formula is C30H38N4O6.